The van der Waals surface area contributed by atoms with Gasteiger partial charge in [0.1, 0.15) is 0 Å². The number of hydrogen-bond donors (Lipinski definition) is 1. The number of anilines is 1. The zero-order valence-corrected chi connectivity index (χ0v) is 10.7. The van der Waals surface area contributed by atoms with E-state index < -0.39 is 0 Å². The molecule has 0 unspecified atom stereocenters. The molecule has 3 heteroatoms. The standard InChI is InChI=1S/C14H21N3/c1-12(2)7-9-17(10-8-15)14-5-3-13(11-16)4-6-14/h3-6,12H,7-10,15H2,1-2H3. The summed E-state index contributed by atoms with van der Waals surface area (Å²) in [5, 5.41) is 8.76. The number of rotatable bonds is 6. The molecular formula is C14H21N3. The van der Waals surface area contributed by atoms with Crippen LogP contribution >= 0.6 is 0 Å². The lowest BCUT2D eigenvalue weighted by atomic mass is 10.1. The Kier molecular flexibility index (Phi) is 5.51. The molecule has 0 saturated heterocycles. The lowest BCUT2D eigenvalue weighted by molar-refractivity contribution is 0.573. The summed E-state index contributed by atoms with van der Waals surface area (Å²) in [6, 6.07) is 9.83. The molecule has 0 bridgehead atoms. The van der Waals surface area contributed by atoms with Gasteiger partial charge in [0.25, 0.3) is 0 Å². The lowest BCUT2D eigenvalue weighted by Gasteiger charge is -2.25. The molecule has 0 heterocycles. The summed E-state index contributed by atoms with van der Waals surface area (Å²) >= 11 is 0. The summed E-state index contributed by atoms with van der Waals surface area (Å²) in [4.78, 5) is 2.28. The zero-order chi connectivity index (χ0) is 12.7. The maximum absolute atomic E-state index is 8.76. The van der Waals surface area contributed by atoms with Crippen molar-refractivity contribution >= 4 is 5.69 Å². The average molecular weight is 231 g/mol. The molecule has 0 atom stereocenters. The summed E-state index contributed by atoms with van der Waals surface area (Å²) in [6.07, 6.45) is 1.15. The Balaban J connectivity index is 2.71. The van der Waals surface area contributed by atoms with Crippen LogP contribution in [-0.4, -0.2) is 19.6 Å². The number of nitrogens with two attached hydrogens (primary N) is 1. The predicted molar refractivity (Wildman–Crippen MR) is 71.9 cm³/mol. The molecule has 1 aromatic rings. The van der Waals surface area contributed by atoms with Gasteiger partial charge in [-0.05, 0) is 36.6 Å². The minimum Gasteiger partial charge on any atom is -0.370 e. The fourth-order valence-electron chi connectivity index (χ4n) is 1.69. The zero-order valence-electron chi connectivity index (χ0n) is 10.7. The first-order chi connectivity index (χ1) is 8.17. The van der Waals surface area contributed by atoms with Crippen molar-refractivity contribution < 1.29 is 0 Å². The molecule has 0 amide bonds. The maximum Gasteiger partial charge on any atom is 0.0991 e. The minimum atomic E-state index is 0.651. The Labute approximate surface area is 104 Å². The van der Waals surface area contributed by atoms with Gasteiger partial charge in [0, 0.05) is 25.3 Å². The van der Waals surface area contributed by atoms with E-state index in [2.05, 4.69) is 24.8 Å². The van der Waals surface area contributed by atoms with E-state index in [0.717, 1.165) is 25.2 Å². The summed E-state index contributed by atoms with van der Waals surface area (Å²) in [7, 11) is 0. The van der Waals surface area contributed by atoms with E-state index in [-0.39, 0.29) is 0 Å². The molecule has 1 aromatic carbocycles. The Morgan fingerprint density at radius 1 is 1.24 bits per heavy atom. The van der Waals surface area contributed by atoms with Crippen LogP contribution in [0.3, 0.4) is 0 Å². The third-order valence-corrected chi connectivity index (χ3v) is 2.74. The van der Waals surface area contributed by atoms with Crippen LogP contribution in [0.25, 0.3) is 0 Å². The van der Waals surface area contributed by atoms with Gasteiger partial charge >= 0.3 is 0 Å². The molecule has 0 aliphatic carbocycles. The number of nitriles is 1. The van der Waals surface area contributed by atoms with Crippen LogP contribution in [0.15, 0.2) is 24.3 Å². The Hall–Kier alpha value is -1.53. The van der Waals surface area contributed by atoms with Crippen molar-refractivity contribution in [3.63, 3.8) is 0 Å². The molecule has 0 radical (unpaired) electrons. The first-order valence-electron chi connectivity index (χ1n) is 6.12. The van der Waals surface area contributed by atoms with Gasteiger partial charge in [-0.2, -0.15) is 5.26 Å². The van der Waals surface area contributed by atoms with Crippen LogP contribution < -0.4 is 10.6 Å². The van der Waals surface area contributed by atoms with Gasteiger partial charge in [-0.15, -0.1) is 0 Å². The van der Waals surface area contributed by atoms with E-state index in [4.69, 9.17) is 11.0 Å². The Bertz CT molecular complexity index is 362. The molecule has 2 N–H and O–H groups in total. The first-order valence-corrected chi connectivity index (χ1v) is 6.12. The highest BCUT2D eigenvalue weighted by Crippen LogP contribution is 2.16. The summed E-state index contributed by atoms with van der Waals surface area (Å²) in [6.45, 7) is 6.97. The molecule has 3 nitrogen and oxygen atoms in total. The van der Waals surface area contributed by atoms with Gasteiger partial charge in [-0.3, -0.25) is 0 Å². The molecule has 0 aliphatic rings. The normalized spacial score (nSPS) is 10.3. The molecule has 1 rings (SSSR count). The van der Waals surface area contributed by atoms with Crippen LogP contribution in [0.5, 0.6) is 0 Å². The second-order valence-corrected chi connectivity index (χ2v) is 4.62. The first kappa shape index (κ1) is 13.5. The van der Waals surface area contributed by atoms with Crippen LogP contribution in [0, 0.1) is 17.2 Å². The van der Waals surface area contributed by atoms with Crippen LogP contribution in [0.4, 0.5) is 5.69 Å². The molecule has 0 fully saturated rings. The van der Waals surface area contributed by atoms with Gasteiger partial charge in [-0.1, -0.05) is 13.8 Å². The number of nitrogens with zero attached hydrogens (tertiary/aromatic N) is 2. The van der Waals surface area contributed by atoms with Crippen molar-refractivity contribution in [3.8, 4) is 6.07 Å². The van der Waals surface area contributed by atoms with Crippen molar-refractivity contribution in [2.45, 2.75) is 20.3 Å². The van der Waals surface area contributed by atoms with Crippen LogP contribution in [0.1, 0.15) is 25.8 Å². The van der Waals surface area contributed by atoms with Crippen molar-refractivity contribution in [2.75, 3.05) is 24.5 Å². The molecule has 0 aromatic heterocycles. The second-order valence-electron chi connectivity index (χ2n) is 4.62. The average Bonchev–Trinajstić information content (AvgIpc) is 2.34. The third-order valence-electron chi connectivity index (χ3n) is 2.74. The van der Waals surface area contributed by atoms with Gasteiger partial charge < -0.3 is 10.6 Å². The maximum atomic E-state index is 8.76. The number of hydrogen-bond acceptors (Lipinski definition) is 3. The molecule has 0 spiro atoms. The quantitative estimate of drug-likeness (QED) is 0.817. The fourth-order valence-corrected chi connectivity index (χ4v) is 1.69. The van der Waals surface area contributed by atoms with E-state index in [1.807, 2.05) is 24.3 Å². The van der Waals surface area contributed by atoms with Crippen LogP contribution in [-0.2, 0) is 0 Å². The Morgan fingerprint density at radius 3 is 2.35 bits per heavy atom. The van der Waals surface area contributed by atoms with Crippen molar-refractivity contribution in [3.05, 3.63) is 29.8 Å². The fraction of sp³-hybridized carbons (Fsp3) is 0.500. The smallest absolute Gasteiger partial charge is 0.0991 e. The van der Waals surface area contributed by atoms with Crippen LogP contribution in [0.2, 0.25) is 0 Å². The van der Waals surface area contributed by atoms with Crippen molar-refractivity contribution in [2.24, 2.45) is 11.7 Å². The Morgan fingerprint density at radius 2 is 1.88 bits per heavy atom. The molecular weight excluding hydrogens is 210 g/mol. The topological polar surface area (TPSA) is 53.0 Å². The molecule has 17 heavy (non-hydrogen) atoms. The molecule has 0 aliphatic heterocycles. The highest BCUT2D eigenvalue weighted by molar-refractivity contribution is 5.49. The summed E-state index contributed by atoms with van der Waals surface area (Å²) < 4.78 is 0. The van der Waals surface area contributed by atoms with Gasteiger partial charge in [0.15, 0.2) is 0 Å². The van der Waals surface area contributed by atoms with E-state index in [0.29, 0.717) is 18.0 Å². The van der Waals surface area contributed by atoms with Gasteiger partial charge in [-0.25, -0.2) is 0 Å². The SMILES string of the molecule is CC(C)CCN(CCN)c1ccc(C#N)cc1. The minimum absolute atomic E-state index is 0.651. The monoisotopic (exact) mass is 231 g/mol. The molecule has 0 saturated carbocycles. The van der Waals surface area contributed by atoms with E-state index in [1.165, 1.54) is 0 Å². The van der Waals surface area contributed by atoms with Gasteiger partial charge in [0.2, 0.25) is 0 Å². The van der Waals surface area contributed by atoms with E-state index >= 15 is 0 Å². The predicted octanol–water partition coefficient (Wildman–Crippen LogP) is 2.37. The summed E-state index contributed by atoms with van der Waals surface area (Å²) in [5.41, 5.74) is 7.48. The van der Waals surface area contributed by atoms with Crippen molar-refractivity contribution in [1.29, 1.82) is 5.26 Å². The van der Waals surface area contributed by atoms with Gasteiger partial charge in [0.05, 0.1) is 11.6 Å². The third kappa shape index (κ3) is 4.46. The molecule has 92 valence electrons. The van der Waals surface area contributed by atoms with E-state index in [1.54, 1.807) is 0 Å². The number of benzene rings is 1. The second kappa shape index (κ2) is 6.93. The van der Waals surface area contributed by atoms with Crippen molar-refractivity contribution in [1.82, 2.24) is 0 Å². The highest BCUT2D eigenvalue weighted by Gasteiger charge is 2.06. The lowest BCUT2D eigenvalue weighted by Crippen LogP contribution is -2.30. The highest BCUT2D eigenvalue weighted by atomic mass is 15.1. The summed E-state index contributed by atoms with van der Waals surface area (Å²) in [5.74, 6) is 0.689. The largest absolute Gasteiger partial charge is 0.370 e. The van der Waals surface area contributed by atoms with E-state index in [9.17, 15) is 0 Å².